The molecule has 2 heterocycles. The van der Waals surface area contributed by atoms with Crippen molar-refractivity contribution in [2.75, 3.05) is 27.4 Å². The van der Waals surface area contributed by atoms with Gasteiger partial charge in [-0.3, -0.25) is 19.2 Å². The number of methoxy groups -OCH3 is 2. The minimum Gasteiger partial charge on any atom is -0.496 e. The third-order valence-electron chi connectivity index (χ3n) is 6.35. The summed E-state index contributed by atoms with van der Waals surface area (Å²) in [5.74, 6) is 0.774. The Morgan fingerprint density at radius 3 is 1.66 bits per heavy atom. The predicted molar refractivity (Wildman–Crippen MR) is 179 cm³/mol. The topological polar surface area (TPSA) is 105 Å². The van der Waals surface area contributed by atoms with E-state index >= 15 is 0 Å². The highest BCUT2D eigenvalue weighted by molar-refractivity contribution is 9.10. The van der Waals surface area contributed by atoms with Gasteiger partial charge in [-0.1, -0.05) is 6.08 Å². The first-order chi connectivity index (χ1) is 21.1. The van der Waals surface area contributed by atoms with Crippen LogP contribution in [-0.2, 0) is 25.5 Å². The maximum absolute atomic E-state index is 12.2. The number of benzene rings is 2. The van der Waals surface area contributed by atoms with Crippen LogP contribution >= 0.6 is 38.6 Å². The zero-order valence-electron chi connectivity index (χ0n) is 25.2. The maximum Gasteiger partial charge on any atom is 0.306 e. The average Bonchev–Trinajstić information content (AvgIpc) is 3.62. The number of thiophene rings is 2. The number of allylic oxidation sites excluding steroid dienone is 1. The maximum atomic E-state index is 12.2. The van der Waals surface area contributed by atoms with Gasteiger partial charge in [0.1, 0.15) is 11.5 Å². The van der Waals surface area contributed by atoms with Crippen molar-refractivity contribution < 1.29 is 38.1 Å². The quantitative estimate of drug-likeness (QED) is 0.0733. The number of rotatable bonds is 14. The van der Waals surface area contributed by atoms with Gasteiger partial charge in [-0.25, -0.2) is 0 Å². The second-order valence-corrected chi connectivity index (χ2v) is 12.4. The van der Waals surface area contributed by atoms with E-state index in [1.807, 2.05) is 42.5 Å². The van der Waals surface area contributed by atoms with Gasteiger partial charge in [0.2, 0.25) is 0 Å². The molecule has 4 rings (SSSR count). The number of Topliss-reactive ketones (excluding diaryl/α,β-unsaturated/α-hetero) is 2. The molecule has 0 fully saturated rings. The Labute approximate surface area is 273 Å². The van der Waals surface area contributed by atoms with Crippen LogP contribution in [0.5, 0.6) is 11.5 Å². The predicted octanol–water partition coefficient (Wildman–Crippen LogP) is 8.36. The van der Waals surface area contributed by atoms with E-state index in [1.54, 1.807) is 28.1 Å². The van der Waals surface area contributed by atoms with Crippen LogP contribution in [0.15, 0.2) is 53.5 Å². The van der Waals surface area contributed by atoms with Gasteiger partial charge in [0.15, 0.2) is 11.6 Å². The van der Waals surface area contributed by atoms with Crippen LogP contribution < -0.4 is 9.47 Å². The van der Waals surface area contributed by atoms with Gasteiger partial charge >= 0.3 is 11.9 Å². The molecule has 0 aliphatic rings. The van der Waals surface area contributed by atoms with Crippen LogP contribution in [0, 0.1) is 0 Å². The van der Waals surface area contributed by atoms with E-state index in [1.165, 1.54) is 22.7 Å². The first kappa shape index (κ1) is 34.9. The van der Waals surface area contributed by atoms with Crippen molar-refractivity contribution in [3.63, 3.8) is 0 Å². The molecular weight excluding hydrogens is 668 g/mol. The van der Waals surface area contributed by atoms with Crippen LogP contribution in [0.25, 0.3) is 20.2 Å². The first-order valence-electron chi connectivity index (χ1n) is 14.0. The van der Waals surface area contributed by atoms with Crippen LogP contribution in [0.2, 0.25) is 0 Å². The highest BCUT2D eigenvalue weighted by atomic mass is 79.9. The van der Waals surface area contributed by atoms with Gasteiger partial charge in [-0.2, -0.15) is 0 Å². The number of halogens is 1. The number of ketones is 2. The molecule has 0 unspecified atom stereocenters. The summed E-state index contributed by atoms with van der Waals surface area (Å²) in [6, 6.07) is 11.5. The molecule has 0 spiro atoms. The fourth-order valence-electron chi connectivity index (χ4n) is 4.24. The fraction of sp³-hybridized carbons (Fsp3) is 0.333. The Bertz CT molecular complexity index is 1650. The molecule has 0 radical (unpaired) electrons. The Balaban J connectivity index is 0.000000241. The van der Waals surface area contributed by atoms with E-state index in [4.69, 9.17) is 18.9 Å². The van der Waals surface area contributed by atoms with E-state index in [0.717, 1.165) is 41.7 Å². The van der Waals surface area contributed by atoms with Gasteiger partial charge in [0.05, 0.1) is 54.5 Å². The molecule has 2 aromatic carbocycles. The zero-order chi connectivity index (χ0) is 32.2. The second-order valence-electron chi connectivity index (χ2n) is 9.40. The monoisotopic (exact) mass is 702 g/mol. The lowest BCUT2D eigenvalue weighted by molar-refractivity contribution is -0.143. The van der Waals surface area contributed by atoms with Crippen molar-refractivity contribution >= 4 is 82.3 Å². The van der Waals surface area contributed by atoms with Crippen molar-refractivity contribution in [3.8, 4) is 11.5 Å². The van der Waals surface area contributed by atoms with E-state index in [-0.39, 0.29) is 49.2 Å². The van der Waals surface area contributed by atoms with Crippen molar-refractivity contribution in [2.24, 2.45) is 0 Å². The number of hydrogen-bond acceptors (Lipinski definition) is 10. The molecule has 0 aliphatic carbocycles. The number of fused-ring (bicyclic) bond motifs is 2. The van der Waals surface area contributed by atoms with Gasteiger partial charge in [0.25, 0.3) is 0 Å². The molecular formula is C33H35BrO8S2. The molecule has 0 atom stereocenters. The Morgan fingerprint density at radius 2 is 1.20 bits per heavy atom. The smallest absolute Gasteiger partial charge is 0.306 e. The summed E-state index contributed by atoms with van der Waals surface area (Å²) in [5.41, 5.74) is 1.04. The van der Waals surface area contributed by atoms with Gasteiger partial charge in [-0.05, 0) is 88.9 Å². The SMILES string of the molecule is C=CCc1cc2cc(C(=O)CCC(=O)OCC)sc2cc1OC.CCOC(=O)CCC(=O)c1cc2cc(Br)c(OC)cc2s1. The number of hydrogen-bond donors (Lipinski definition) is 0. The molecule has 0 saturated heterocycles. The van der Waals surface area contributed by atoms with E-state index < -0.39 is 0 Å². The lowest BCUT2D eigenvalue weighted by atomic mass is 10.1. The Morgan fingerprint density at radius 1 is 0.727 bits per heavy atom. The molecule has 8 nitrogen and oxygen atoms in total. The summed E-state index contributed by atoms with van der Waals surface area (Å²) >= 11 is 6.25. The summed E-state index contributed by atoms with van der Waals surface area (Å²) < 4.78 is 23.1. The van der Waals surface area contributed by atoms with Gasteiger partial charge in [-0.15, -0.1) is 29.3 Å². The summed E-state index contributed by atoms with van der Waals surface area (Å²) in [6.07, 6.45) is 3.11. The number of ether oxygens (including phenoxy) is 4. The third-order valence-corrected chi connectivity index (χ3v) is 9.24. The molecule has 234 valence electrons. The lowest BCUT2D eigenvalue weighted by Gasteiger charge is -2.06. The molecule has 2 aromatic heterocycles. The summed E-state index contributed by atoms with van der Waals surface area (Å²) in [5, 5.41) is 1.99. The van der Waals surface area contributed by atoms with Crippen LogP contribution in [0.1, 0.15) is 64.4 Å². The number of carbonyl (C=O) groups is 4. The standard InChI is InChI=1S/C18H20O4S.C15H15BrO4S/c1-4-6-12-9-13-10-17(23-16(13)11-15(12)21-3)14(19)7-8-18(20)22-5-2;1-3-20-15(18)5-4-11(17)14-7-9-6-10(16)12(19-2)8-13(9)21-14/h4,9-11H,1,5-8H2,2-3H3;6-8H,3-5H2,1-2H3. The van der Waals surface area contributed by atoms with Gasteiger partial charge < -0.3 is 18.9 Å². The largest absolute Gasteiger partial charge is 0.496 e. The van der Waals surface area contributed by atoms with Crippen LogP contribution in [-0.4, -0.2) is 50.9 Å². The van der Waals surface area contributed by atoms with Gasteiger partial charge in [0, 0.05) is 22.2 Å². The Hall–Kier alpha value is -3.54. The lowest BCUT2D eigenvalue weighted by Crippen LogP contribution is -2.07. The molecule has 0 aliphatic heterocycles. The van der Waals surface area contributed by atoms with Crippen LogP contribution in [0.3, 0.4) is 0 Å². The third kappa shape index (κ3) is 9.48. The zero-order valence-corrected chi connectivity index (χ0v) is 28.4. The average molecular weight is 704 g/mol. The second kappa shape index (κ2) is 17.1. The first-order valence-corrected chi connectivity index (χ1v) is 16.4. The molecule has 11 heteroatoms. The number of esters is 2. The Kier molecular flexibility index (Phi) is 13.6. The highest BCUT2D eigenvalue weighted by Gasteiger charge is 2.16. The summed E-state index contributed by atoms with van der Waals surface area (Å²) in [4.78, 5) is 48.3. The van der Waals surface area contributed by atoms with Crippen molar-refractivity contribution in [3.05, 3.63) is 68.8 Å². The normalized spacial score (nSPS) is 10.6. The minimum absolute atomic E-state index is 0.0384. The highest BCUT2D eigenvalue weighted by Crippen LogP contribution is 2.36. The summed E-state index contributed by atoms with van der Waals surface area (Å²) in [6.45, 7) is 7.92. The number of carbonyl (C=O) groups excluding carboxylic acids is 4. The van der Waals surface area contributed by atoms with E-state index in [0.29, 0.717) is 29.4 Å². The van der Waals surface area contributed by atoms with E-state index in [2.05, 4.69) is 22.5 Å². The van der Waals surface area contributed by atoms with Crippen molar-refractivity contribution in [1.82, 2.24) is 0 Å². The molecule has 4 aromatic rings. The molecule has 0 amide bonds. The van der Waals surface area contributed by atoms with E-state index in [9.17, 15) is 19.2 Å². The molecule has 0 N–H and O–H groups in total. The fourth-order valence-corrected chi connectivity index (χ4v) is 6.84. The summed E-state index contributed by atoms with van der Waals surface area (Å²) in [7, 11) is 3.23. The molecule has 44 heavy (non-hydrogen) atoms. The minimum atomic E-state index is -0.337. The van der Waals surface area contributed by atoms with Crippen molar-refractivity contribution in [1.29, 1.82) is 0 Å². The molecule has 0 bridgehead atoms. The molecule has 0 saturated carbocycles. The van der Waals surface area contributed by atoms with Crippen LogP contribution in [0.4, 0.5) is 0 Å². The van der Waals surface area contributed by atoms with Crippen molar-refractivity contribution in [2.45, 2.75) is 46.0 Å².